The zero-order valence-corrected chi connectivity index (χ0v) is 14.6. The van der Waals surface area contributed by atoms with Crippen LogP contribution in [0.3, 0.4) is 0 Å². The van der Waals surface area contributed by atoms with Gasteiger partial charge in [0.05, 0.1) is 19.2 Å². The predicted octanol–water partition coefficient (Wildman–Crippen LogP) is 2.05. The fraction of sp³-hybridized carbons (Fsp3) is 0.529. The van der Waals surface area contributed by atoms with E-state index in [2.05, 4.69) is 0 Å². The third-order valence-corrected chi connectivity index (χ3v) is 4.77. The first kappa shape index (κ1) is 16.9. The van der Waals surface area contributed by atoms with Gasteiger partial charge in [0, 0.05) is 37.7 Å². The van der Waals surface area contributed by atoms with Crippen LogP contribution in [-0.2, 0) is 4.79 Å². The fourth-order valence-electron chi connectivity index (χ4n) is 2.94. The van der Waals surface area contributed by atoms with Gasteiger partial charge in [-0.3, -0.25) is 9.59 Å². The highest BCUT2D eigenvalue weighted by Crippen LogP contribution is 2.36. The molecule has 1 aromatic carbocycles. The maximum atomic E-state index is 12.7. The van der Waals surface area contributed by atoms with Gasteiger partial charge in [0.15, 0.2) is 11.5 Å². The van der Waals surface area contributed by atoms with Crippen LogP contribution in [0.15, 0.2) is 12.1 Å². The summed E-state index contributed by atoms with van der Waals surface area (Å²) < 4.78 is 10.4. The van der Waals surface area contributed by atoms with E-state index in [1.165, 1.54) is 14.2 Å². The minimum atomic E-state index is -0.114. The van der Waals surface area contributed by atoms with E-state index in [1.54, 1.807) is 17.0 Å². The van der Waals surface area contributed by atoms with Gasteiger partial charge in [-0.2, -0.15) is 0 Å². The zero-order chi connectivity index (χ0) is 17.3. The first-order chi connectivity index (χ1) is 11.5. The summed E-state index contributed by atoms with van der Waals surface area (Å²) in [6, 6.07) is 3.22. The van der Waals surface area contributed by atoms with E-state index in [-0.39, 0.29) is 17.7 Å². The summed E-state index contributed by atoms with van der Waals surface area (Å²) in [5, 5.41) is 0.336. The van der Waals surface area contributed by atoms with Crippen molar-refractivity contribution < 1.29 is 19.1 Å². The molecule has 1 aliphatic carbocycles. The minimum absolute atomic E-state index is 0.114. The van der Waals surface area contributed by atoms with Crippen LogP contribution in [0.1, 0.15) is 23.2 Å². The number of nitrogens with zero attached hydrogens (tertiary/aromatic N) is 2. The largest absolute Gasteiger partial charge is 0.493 e. The van der Waals surface area contributed by atoms with Crippen LogP contribution in [0.5, 0.6) is 11.5 Å². The van der Waals surface area contributed by atoms with Crippen molar-refractivity contribution in [2.45, 2.75) is 12.8 Å². The molecule has 1 aliphatic heterocycles. The lowest BCUT2D eigenvalue weighted by Gasteiger charge is -2.35. The summed E-state index contributed by atoms with van der Waals surface area (Å²) in [5.41, 5.74) is 0.458. The number of amides is 2. The maximum absolute atomic E-state index is 12.7. The van der Waals surface area contributed by atoms with Gasteiger partial charge < -0.3 is 19.3 Å². The number of hydrogen-bond donors (Lipinski definition) is 0. The molecule has 1 heterocycles. The molecule has 0 N–H and O–H groups in total. The molecule has 0 bridgehead atoms. The first-order valence-corrected chi connectivity index (χ1v) is 8.42. The second kappa shape index (κ2) is 6.89. The van der Waals surface area contributed by atoms with Crippen molar-refractivity contribution in [1.29, 1.82) is 0 Å². The van der Waals surface area contributed by atoms with Crippen LogP contribution in [0.2, 0.25) is 5.02 Å². The Morgan fingerprint density at radius 3 is 2.21 bits per heavy atom. The maximum Gasteiger partial charge on any atom is 0.254 e. The molecule has 7 heteroatoms. The summed E-state index contributed by atoms with van der Waals surface area (Å²) in [4.78, 5) is 28.4. The predicted molar refractivity (Wildman–Crippen MR) is 89.8 cm³/mol. The first-order valence-electron chi connectivity index (χ1n) is 8.04. The summed E-state index contributed by atoms with van der Waals surface area (Å²) in [7, 11) is 3.01. The van der Waals surface area contributed by atoms with E-state index < -0.39 is 0 Å². The fourth-order valence-corrected chi connectivity index (χ4v) is 3.23. The average Bonchev–Trinajstić information content (AvgIpc) is 3.45. The Labute approximate surface area is 146 Å². The number of piperazine rings is 1. The van der Waals surface area contributed by atoms with Gasteiger partial charge in [0.1, 0.15) is 0 Å². The average molecular weight is 353 g/mol. The van der Waals surface area contributed by atoms with Crippen LogP contribution in [0.4, 0.5) is 0 Å². The Morgan fingerprint density at radius 1 is 1.04 bits per heavy atom. The van der Waals surface area contributed by atoms with Gasteiger partial charge in [-0.25, -0.2) is 0 Å². The van der Waals surface area contributed by atoms with Crippen LogP contribution in [0.25, 0.3) is 0 Å². The van der Waals surface area contributed by atoms with Gasteiger partial charge in [0.2, 0.25) is 5.91 Å². The summed E-state index contributed by atoms with van der Waals surface area (Å²) in [6.07, 6.45) is 2.00. The summed E-state index contributed by atoms with van der Waals surface area (Å²) >= 11 is 6.17. The zero-order valence-electron chi connectivity index (χ0n) is 13.9. The molecule has 1 saturated carbocycles. The highest BCUT2D eigenvalue weighted by atomic mass is 35.5. The van der Waals surface area contributed by atoms with Crippen molar-refractivity contribution in [2.24, 2.45) is 5.92 Å². The van der Waals surface area contributed by atoms with Crippen LogP contribution < -0.4 is 9.47 Å². The number of hydrogen-bond acceptors (Lipinski definition) is 4. The number of rotatable bonds is 4. The Hall–Kier alpha value is -1.95. The summed E-state index contributed by atoms with van der Waals surface area (Å²) in [5.74, 6) is 1.18. The van der Waals surface area contributed by atoms with Gasteiger partial charge in [0.25, 0.3) is 5.91 Å². The molecule has 2 amide bonds. The van der Waals surface area contributed by atoms with E-state index in [4.69, 9.17) is 21.1 Å². The lowest BCUT2D eigenvalue weighted by atomic mass is 10.1. The molecule has 24 heavy (non-hydrogen) atoms. The van der Waals surface area contributed by atoms with E-state index in [0.717, 1.165) is 12.8 Å². The van der Waals surface area contributed by atoms with Gasteiger partial charge in [-0.1, -0.05) is 11.6 Å². The minimum Gasteiger partial charge on any atom is -0.493 e. The number of benzene rings is 1. The molecule has 1 aromatic rings. The van der Waals surface area contributed by atoms with E-state index in [9.17, 15) is 9.59 Å². The molecule has 6 nitrogen and oxygen atoms in total. The van der Waals surface area contributed by atoms with Crippen LogP contribution >= 0.6 is 11.6 Å². The number of methoxy groups -OCH3 is 2. The quantitative estimate of drug-likeness (QED) is 0.832. The van der Waals surface area contributed by atoms with E-state index in [0.29, 0.717) is 48.3 Å². The van der Waals surface area contributed by atoms with Crippen LogP contribution in [0, 0.1) is 5.92 Å². The highest BCUT2D eigenvalue weighted by Gasteiger charge is 2.35. The molecule has 1 saturated heterocycles. The van der Waals surface area contributed by atoms with Crippen molar-refractivity contribution in [3.05, 3.63) is 22.7 Å². The SMILES string of the molecule is COc1cc(C(=O)N2CCN(C(=O)C3CC3)CC2)cc(Cl)c1OC. The molecule has 0 unspecified atom stereocenters. The highest BCUT2D eigenvalue weighted by molar-refractivity contribution is 6.32. The lowest BCUT2D eigenvalue weighted by molar-refractivity contribution is -0.134. The molecule has 0 spiro atoms. The monoisotopic (exact) mass is 352 g/mol. The molecule has 0 radical (unpaired) electrons. The molecule has 2 aliphatic rings. The number of carbonyl (C=O) groups excluding carboxylic acids is 2. The van der Waals surface area contributed by atoms with Crippen molar-refractivity contribution in [1.82, 2.24) is 9.80 Å². The van der Waals surface area contributed by atoms with Gasteiger partial charge in [-0.15, -0.1) is 0 Å². The number of halogens is 1. The standard InChI is InChI=1S/C17H21ClN2O4/c1-23-14-10-12(9-13(18)15(14)24-2)17(22)20-7-5-19(6-8-20)16(21)11-3-4-11/h9-11H,3-8H2,1-2H3. The molecule has 0 aromatic heterocycles. The van der Waals surface area contributed by atoms with Crippen molar-refractivity contribution >= 4 is 23.4 Å². The summed E-state index contributed by atoms with van der Waals surface area (Å²) in [6.45, 7) is 2.23. The Morgan fingerprint density at radius 2 is 1.67 bits per heavy atom. The third-order valence-electron chi connectivity index (χ3n) is 4.49. The molecule has 2 fully saturated rings. The van der Waals surface area contributed by atoms with E-state index >= 15 is 0 Å². The lowest BCUT2D eigenvalue weighted by Crippen LogP contribution is -2.51. The molecule has 130 valence electrons. The van der Waals surface area contributed by atoms with Crippen molar-refractivity contribution in [3.8, 4) is 11.5 Å². The molecule has 3 rings (SSSR count). The Balaban J connectivity index is 1.69. The number of carbonyl (C=O) groups is 2. The Bertz CT molecular complexity index is 652. The van der Waals surface area contributed by atoms with Crippen molar-refractivity contribution in [3.63, 3.8) is 0 Å². The number of ether oxygens (including phenoxy) is 2. The van der Waals surface area contributed by atoms with Gasteiger partial charge >= 0.3 is 0 Å². The molecular weight excluding hydrogens is 332 g/mol. The molecular formula is C17H21ClN2O4. The van der Waals surface area contributed by atoms with Crippen LogP contribution in [-0.4, -0.2) is 62.0 Å². The normalized spacial score (nSPS) is 17.6. The van der Waals surface area contributed by atoms with Gasteiger partial charge in [-0.05, 0) is 25.0 Å². The second-order valence-corrected chi connectivity index (χ2v) is 6.49. The Kier molecular flexibility index (Phi) is 4.85. The smallest absolute Gasteiger partial charge is 0.254 e. The third kappa shape index (κ3) is 3.29. The van der Waals surface area contributed by atoms with Crippen molar-refractivity contribution in [2.75, 3.05) is 40.4 Å². The topological polar surface area (TPSA) is 59.1 Å². The molecule has 0 atom stereocenters. The van der Waals surface area contributed by atoms with E-state index in [1.807, 2.05) is 4.90 Å². The second-order valence-electron chi connectivity index (χ2n) is 6.09.